The summed E-state index contributed by atoms with van der Waals surface area (Å²) in [5.74, 6) is 0.681. The Morgan fingerprint density at radius 1 is 1.48 bits per heavy atom. The van der Waals surface area contributed by atoms with Crippen LogP contribution >= 0.6 is 11.3 Å². The largest absolute Gasteiger partial charge is 0.311 e. The second kappa shape index (κ2) is 6.46. The highest BCUT2D eigenvalue weighted by Crippen LogP contribution is 2.20. The Kier molecular flexibility index (Phi) is 4.62. The molecule has 0 amide bonds. The Hall–Kier alpha value is -0.910. The van der Waals surface area contributed by atoms with Gasteiger partial charge in [-0.3, -0.25) is 9.30 Å². The fourth-order valence-electron chi connectivity index (χ4n) is 3.20. The van der Waals surface area contributed by atoms with E-state index in [1.807, 2.05) is 0 Å². The van der Waals surface area contributed by atoms with Crippen molar-refractivity contribution in [2.75, 3.05) is 13.1 Å². The summed E-state index contributed by atoms with van der Waals surface area (Å²) in [4.78, 5) is 8.49. The lowest BCUT2D eigenvalue weighted by atomic mass is 9.97. The summed E-state index contributed by atoms with van der Waals surface area (Å²) >= 11 is 1.71. The third-order valence-corrected chi connectivity index (χ3v) is 5.27. The zero-order chi connectivity index (χ0) is 14.8. The number of thiazole rings is 1. The minimum absolute atomic E-state index is 0.599. The number of fused-ring (bicyclic) bond motifs is 1. The van der Waals surface area contributed by atoms with E-state index in [0.29, 0.717) is 18.0 Å². The van der Waals surface area contributed by atoms with E-state index in [4.69, 9.17) is 4.98 Å². The van der Waals surface area contributed by atoms with E-state index in [0.717, 1.165) is 24.6 Å². The fraction of sp³-hybridized carbons (Fsp3) is 0.688. The summed E-state index contributed by atoms with van der Waals surface area (Å²) in [6.07, 6.45) is 6.78. The number of piperazine rings is 1. The molecule has 3 heterocycles. The lowest BCUT2D eigenvalue weighted by Crippen LogP contribution is -2.57. The highest BCUT2D eigenvalue weighted by Gasteiger charge is 2.29. The Bertz CT molecular complexity index is 545. The average Bonchev–Trinajstić information content (AvgIpc) is 3.01. The predicted molar refractivity (Wildman–Crippen MR) is 88.8 cm³/mol. The van der Waals surface area contributed by atoms with Gasteiger partial charge in [-0.25, -0.2) is 4.98 Å². The Morgan fingerprint density at radius 3 is 3.05 bits per heavy atom. The Balaban J connectivity index is 1.73. The van der Waals surface area contributed by atoms with E-state index in [-0.39, 0.29) is 0 Å². The molecular weight excluding hydrogens is 280 g/mol. The SMILES string of the molecule is CCCC1CNC(C(C)C)CN1Cc1cn2ccsc2n1. The fourth-order valence-corrected chi connectivity index (χ4v) is 3.92. The van der Waals surface area contributed by atoms with Crippen LogP contribution in [0.1, 0.15) is 39.3 Å². The van der Waals surface area contributed by atoms with Gasteiger partial charge in [-0.1, -0.05) is 27.2 Å². The van der Waals surface area contributed by atoms with Gasteiger partial charge >= 0.3 is 0 Å². The van der Waals surface area contributed by atoms with Crippen LogP contribution in [-0.4, -0.2) is 39.5 Å². The van der Waals surface area contributed by atoms with E-state index in [1.165, 1.54) is 18.5 Å². The summed E-state index contributed by atoms with van der Waals surface area (Å²) in [7, 11) is 0. The van der Waals surface area contributed by atoms with Gasteiger partial charge in [0.15, 0.2) is 4.96 Å². The maximum Gasteiger partial charge on any atom is 0.193 e. The van der Waals surface area contributed by atoms with Gasteiger partial charge in [-0.15, -0.1) is 11.3 Å². The van der Waals surface area contributed by atoms with Crippen LogP contribution in [-0.2, 0) is 6.54 Å². The van der Waals surface area contributed by atoms with Crippen molar-refractivity contribution >= 4 is 16.3 Å². The molecule has 5 heteroatoms. The summed E-state index contributed by atoms with van der Waals surface area (Å²) in [5, 5.41) is 5.81. The number of nitrogens with one attached hydrogen (secondary N) is 1. The molecule has 4 nitrogen and oxygen atoms in total. The van der Waals surface area contributed by atoms with Crippen molar-refractivity contribution < 1.29 is 0 Å². The molecule has 1 N–H and O–H groups in total. The lowest BCUT2D eigenvalue weighted by molar-refractivity contribution is 0.0986. The van der Waals surface area contributed by atoms with Crippen molar-refractivity contribution in [2.45, 2.75) is 52.2 Å². The monoisotopic (exact) mass is 306 g/mol. The third kappa shape index (κ3) is 3.30. The van der Waals surface area contributed by atoms with Crippen LogP contribution < -0.4 is 5.32 Å². The number of rotatable bonds is 5. The van der Waals surface area contributed by atoms with Crippen molar-refractivity contribution in [1.82, 2.24) is 19.6 Å². The molecule has 1 aliphatic rings. The van der Waals surface area contributed by atoms with Crippen LogP contribution in [0.4, 0.5) is 0 Å². The molecule has 2 aromatic heterocycles. The molecule has 0 bridgehead atoms. The molecule has 1 aliphatic heterocycles. The zero-order valence-electron chi connectivity index (χ0n) is 13.2. The average molecular weight is 306 g/mol. The summed E-state index contributed by atoms with van der Waals surface area (Å²) in [6.45, 7) is 10.1. The molecule has 0 aliphatic carbocycles. The van der Waals surface area contributed by atoms with E-state index in [1.54, 1.807) is 11.3 Å². The maximum atomic E-state index is 4.75. The minimum Gasteiger partial charge on any atom is -0.311 e. The molecule has 0 spiro atoms. The van der Waals surface area contributed by atoms with E-state index < -0.39 is 0 Å². The van der Waals surface area contributed by atoms with E-state index in [9.17, 15) is 0 Å². The normalized spacial score (nSPS) is 24.2. The van der Waals surface area contributed by atoms with Gasteiger partial charge in [0, 0.05) is 49.5 Å². The van der Waals surface area contributed by atoms with Gasteiger partial charge in [0.1, 0.15) is 0 Å². The van der Waals surface area contributed by atoms with Crippen molar-refractivity contribution in [2.24, 2.45) is 5.92 Å². The zero-order valence-corrected chi connectivity index (χ0v) is 14.1. The minimum atomic E-state index is 0.599. The third-order valence-electron chi connectivity index (χ3n) is 4.50. The van der Waals surface area contributed by atoms with Gasteiger partial charge in [-0.2, -0.15) is 0 Å². The first-order chi connectivity index (χ1) is 10.2. The molecule has 3 rings (SSSR count). The van der Waals surface area contributed by atoms with Crippen LogP contribution in [0.2, 0.25) is 0 Å². The number of nitrogens with zero attached hydrogens (tertiary/aromatic N) is 3. The van der Waals surface area contributed by atoms with Crippen molar-refractivity contribution in [3.05, 3.63) is 23.5 Å². The molecule has 116 valence electrons. The number of imidazole rings is 1. The van der Waals surface area contributed by atoms with E-state index in [2.05, 4.69) is 53.2 Å². The van der Waals surface area contributed by atoms with Crippen molar-refractivity contribution in [3.63, 3.8) is 0 Å². The van der Waals surface area contributed by atoms with Gasteiger partial charge in [0.05, 0.1) is 5.69 Å². The number of hydrogen-bond acceptors (Lipinski definition) is 4. The molecule has 2 atom stereocenters. The second-order valence-corrected chi connectivity index (χ2v) is 7.33. The molecule has 1 fully saturated rings. The smallest absolute Gasteiger partial charge is 0.193 e. The van der Waals surface area contributed by atoms with Crippen LogP contribution in [0, 0.1) is 5.92 Å². The second-order valence-electron chi connectivity index (χ2n) is 6.46. The maximum absolute atomic E-state index is 4.75. The van der Waals surface area contributed by atoms with E-state index >= 15 is 0 Å². The van der Waals surface area contributed by atoms with Crippen LogP contribution in [0.25, 0.3) is 4.96 Å². The molecule has 21 heavy (non-hydrogen) atoms. The topological polar surface area (TPSA) is 32.6 Å². The molecular formula is C16H26N4S. The summed E-state index contributed by atoms with van der Waals surface area (Å²) in [6, 6.07) is 1.24. The summed E-state index contributed by atoms with van der Waals surface area (Å²) in [5.41, 5.74) is 1.20. The molecule has 1 saturated heterocycles. The first kappa shape index (κ1) is 15.0. The standard InChI is InChI=1S/C16H26N4S/c1-4-5-14-8-17-15(12(2)3)11-20(14)10-13-9-19-6-7-21-16(19)18-13/h6-7,9,12,14-15,17H,4-5,8,10-11H2,1-3H3. The van der Waals surface area contributed by atoms with Crippen molar-refractivity contribution in [1.29, 1.82) is 0 Å². The lowest BCUT2D eigenvalue weighted by Gasteiger charge is -2.41. The van der Waals surface area contributed by atoms with Crippen LogP contribution in [0.3, 0.4) is 0 Å². The highest BCUT2D eigenvalue weighted by molar-refractivity contribution is 7.15. The molecule has 0 radical (unpaired) electrons. The molecule has 2 unspecified atom stereocenters. The quantitative estimate of drug-likeness (QED) is 0.922. The van der Waals surface area contributed by atoms with Crippen LogP contribution in [0.5, 0.6) is 0 Å². The van der Waals surface area contributed by atoms with Crippen LogP contribution in [0.15, 0.2) is 17.8 Å². The Labute approximate surface area is 131 Å². The van der Waals surface area contributed by atoms with Gasteiger partial charge in [0.25, 0.3) is 0 Å². The Morgan fingerprint density at radius 2 is 2.33 bits per heavy atom. The first-order valence-corrected chi connectivity index (χ1v) is 8.94. The highest BCUT2D eigenvalue weighted by atomic mass is 32.1. The predicted octanol–water partition coefficient (Wildman–Crippen LogP) is 2.99. The molecule has 2 aromatic rings. The van der Waals surface area contributed by atoms with Gasteiger partial charge in [-0.05, 0) is 12.3 Å². The number of hydrogen-bond donors (Lipinski definition) is 1. The summed E-state index contributed by atoms with van der Waals surface area (Å²) < 4.78 is 2.14. The van der Waals surface area contributed by atoms with Crippen molar-refractivity contribution in [3.8, 4) is 0 Å². The first-order valence-electron chi connectivity index (χ1n) is 8.06. The molecule has 0 aromatic carbocycles. The number of aromatic nitrogens is 2. The van der Waals surface area contributed by atoms with Gasteiger partial charge < -0.3 is 5.32 Å². The van der Waals surface area contributed by atoms with Gasteiger partial charge in [0.2, 0.25) is 0 Å². The molecule has 0 saturated carbocycles.